The van der Waals surface area contributed by atoms with E-state index in [1.807, 2.05) is 55.5 Å². The number of furan rings is 1. The molecule has 2 amide bonds. The molecule has 158 valence electrons. The highest BCUT2D eigenvalue weighted by Crippen LogP contribution is 2.28. The molecule has 0 saturated carbocycles. The Labute approximate surface area is 179 Å². The summed E-state index contributed by atoms with van der Waals surface area (Å²) >= 11 is 0. The van der Waals surface area contributed by atoms with Gasteiger partial charge in [0.25, 0.3) is 0 Å². The van der Waals surface area contributed by atoms with E-state index in [2.05, 4.69) is 25.8 Å². The van der Waals surface area contributed by atoms with Crippen molar-refractivity contribution in [2.75, 3.05) is 11.9 Å². The van der Waals surface area contributed by atoms with E-state index in [1.54, 1.807) is 24.5 Å². The number of nitrogens with one attached hydrogen (secondary N) is 3. The molecular formula is C23H23N5O3. The zero-order valence-corrected chi connectivity index (χ0v) is 17.0. The molecule has 4 aromatic rings. The number of ether oxygens (including phenoxy) is 1. The molecule has 8 heteroatoms. The number of nitrogens with zero attached hydrogens (tertiary/aromatic N) is 2. The van der Waals surface area contributed by atoms with E-state index < -0.39 is 0 Å². The topological polar surface area (TPSA) is 105 Å². The number of benzene rings is 2. The Hall–Kier alpha value is -4.07. The number of carbonyl (C=O) groups excluding carboxylic acids is 1. The van der Waals surface area contributed by atoms with E-state index in [-0.39, 0.29) is 12.1 Å². The van der Waals surface area contributed by atoms with E-state index in [0.717, 1.165) is 5.56 Å². The van der Waals surface area contributed by atoms with Gasteiger partial charge in [-0.3, -0.25) is 5.10 Å². The minimum atomic E-state index is -0.325. The molecule has 8 nitrogen and oxygen atoms in total. The van der Waals surface area contributed by atoms with Gasteiger partial charge < -0.3 is 19.8 Å². The molecule has 0 aliphatic carbocycles. The number of hydrogen-bond acceptors (Lipinski definition) is 5. The maximum Gasteiger partial charge on any atom is 0.319 e. The summed E-state index contributed by atoms with van der Waals surface area (Å²) in [5.74, 6) is 2.34. The van der Waals surface area contributed by atoms with Crippen molar-refractivity contribution in [2.24, 2.45) is 0 Å². The molecule has 1 unspecified atom stereocenters. The summed E-state index contributed by atoms with van der Waals surface area (Å²) in [7, 11) is 0. The van der Waals surface area contributed by atoms with E-state index in [1.165, 1.54) is 0 Å². The predicted molar refractivity (Wildman–Crippen MR) is 117 cm³/mol. The molecule has 0 aliphatic rings. The van der Waals surface area contributed by atoms with E-state index in [9.17, 15) is 4.79 Å². The van der Waals surface area contributed by atoms with Crippen LogP contribution in [-0.2, 0) is 6.42 Å². The number of rotatable bonds is 8. The van der Waals surface area contributed by atoms with E-state index in [4.69, 9.17) is 9.15 Å². The second-order valence-electron chi connectivity index (χ2n) is 6.88. The van der Waals surface area contributed by atoms with E-state index in [0.29, 0.717) is 41.8 Å². The van der Waals surface area contributed by atoms with Crippen molar-refractivity contribution in [2.45, 2.75) is 19.4 Å². The van der Waals surface area contributed by atoms with Gasteiger partial charge in [-0.05, 0) is 36.8 Å². The summed E-state index contributed by atoms with van der Waals surface area (Å²) < 4.78 is 11.3. The van der Waals surface area contributed by atoms with Gasteiger partial charge in [0.15, 0.2) is 5.76 Å². The number of para-hydroxylation sites is 2. The number of aromatic amines is 1. The van der Waals surface area contributed by atoms with Gasteiger partial charge in [0.2, 0.25) is 5.82 Å². The lowest BCUT2D eigenvalue weighted by Gasteiger charge is -2.18. The summed E-state index contributed by atoms with van der Waals surface area (Å²) in [5.41, 5.74) is 1.66. The molecule has 2 heterocycles. The predicted octanol–water partition coefficient (Wildman–Crippen LogP) is 4.57. The fourth-order valence-corrected chi connectivity index (χ4v) is 3.04. The number of aromatic nitrogens is 3. The lowest BCUT2D eigenvalue weighted by Crippen LogP contribution is -2.30. The number of H-pyrrole nitrogens is 1. The van der Waals surface area contributed by atoms with Crippen LogP contribution in [0.25, 0.3) is 11.6 Å². The second-order valence-corrected chi connectivity index (χ2v) is 6.88. The number of carbonyl (C=O) groups is 1. The first-order chi connectivity index (χ1) is 15.2. The first-order valence-electron chi connectivity index (χ1n) is 9.99. The third kappa shape index (κ3) is 5.30. The van der Waals surface area contributed by atoms with Crippen LogP contribution in [0.4, 0.5) is 10.5 Å². The van der Waals surface area contributed by atoms with Crippen molar-refractivity contribution in [3.8, 4) is 17.3 Å². The Balaban J connectivity index is 1.30. The van der Waals surface area contributed by atoms with Crippen LogP contribution in [-0.4, -0.2) is 27.8 Å². The van der Waals surface area contributed by atoms with Crippen LogP contribution in [0.15, 0.2) is 77.4 Å². The fourth-order valence-electron chi connectivity index (χ4n) is 3.04. The van der Waals surface area contributed by atoms with Crippen LogP contribution in [0.2, 0.25) is 0 Å². The quantitative estimate of drug-likeness (QED) is 0.389. The number of amides is 2. The van der Waals surface area contributed by atoms with Crippen molar-refractivity contribution >= 4 is 11.7 Å². The molecule has 0 spiro atoms. The molecule has 0 saturated heterocycles. The van der Waals surface area contributed by atoms with Gasteiger partial charge in [-0.2, -0.15) is 5.10 Å². The molecule has 0 aliphatic heterocycles. The summed E-state index contributed by atoms with van der Waals surface area (Å²) in [6.07, 6.45) is 1.92. The number of hydrogen-bond donors (Lipinski definition) is 3. The number of anilines is 1. The molecule has 0 bridgehead atoms. The standard InChI is InChI=1S/C23H23N5O3/c1-16(17-8-3-2-4-9-17)31-19-11-6-5-10-18(19)25-23(29)24-14-13-21-26-22(28-27-21)20-12-7-15-30-20/h2-12,15-16H,13-14H2,1H3,(H2,24,25,29)(H,26,27,28). The molecule has 2 aromatic heterocycles. The van der Waals surface area contributed by atoms with Crippen LogP contribution in [0.5, 0.6) is 5.75 Å². The van der Waals surface area contributed by atoms with Gasteiger partial charge >= 0.3 is 6.03 Å². The van der Waals surface area contributed by atoms with Crippen molar-refractivity contribution in [1.82, 2.24) is 20.5 Å². The smallest absolute Gasteiger partial charge is 0.319 e. The van der Waals surface area contributed by atoms with Gasteiger partial charge in [-0.25, -0.2) is 9.78 Å². The Bertz CT molecular complexity index is 1110. The first-order valence-corrected chi connectivity index (χ1v) is 9.99. The monoisotopic (exact) mass is 417 g/mol. The third-order valence-electron chi connectivity index (χ3n) is 4.63. The largest absolute Gasteiger partial charge is 0.484 e. The summed E-state index contributed by atoms with van der Waals surface area (Å²) in [6.45, 7) is 2.36. The fraction of sp³-hybridized carbons (Fsp3) is 0.174. The third-order valence-corrected chi connectivity index (χ3v) is 4.63. The minimum Gasteiger partial charge on any atom is -0.484 e. The van der Waals surface area contributed by atoms with Gasteiger partial charge in [0, 0.05) is 13.0 Å². The SMILES string of the molecule is CC(Oc1ccccc1NC(=O)NCCc1nc(-c2ccco2)n[nH]1)c1ccccc1. The van der Waals surface area contributed by atoms with Crippen molar-refractivity contribution in [3.63, 3.8) is 0 Å². The Morgan fingerprint density at radius 3 is 2.71 bits per heavy atom. The summed E-state index contributed by atoms with van der Waals surface area (Å²) in [4.78, 5) is 16.7. The molecule has 3 N–H and O–H groups in total. The summed E-state index contributed by atoms with van der Waals surface area (Å²) in [6, 6.07) is 20.5. The van der Waals surface area contributed by atoms with Crippen molar-refractivity contribution < 1.29 is 13.9 Å². The van der Waals surface area contributed by atoms with Crippen LogP contribution in [0.1, 0.15) is 24.4 Å². The minimum absolute atomic E-state index is 0.151. The van der Waals surface area contributed by atoms with Gasteiger partial charge in [-0.1, -0.05) is 42.5 Å². The normalized spacial score (nSPS) is 11.6. The van der Waals surface area contributed by atoms with Gasteiger partial charge in [0.1, 0.15) is 17.7 Å². The average molecular weight is 417 g/mol. The van der Waals surface area contributed by atoms with Crippen molar-refractivity contribution in [1.29, 1.82) is 0 Å². The first kappa shape index (κ1) is 20.2. The number of urea groups is 1. The molecule has 4 rings (SSSR count). The highest BCUT2D eigenvalue weighted by molar-refractivity contribution is 5.90. The van der Waals surface area contributed by atoms with Crippen LogP contribution >= 0.6 is 0 Å². The molecule has 0 fully saturated rings. The van der Waals surface area contributed by atoms with Crippen LogP contribution in [0, 0.1) is 0 Å². The maximum absolute atomic E-state index is 12.4. The second kappa shape index (κ2) is 9.62. The van der Waals surface area contributed by atoms with E-state index >= 15 is 0 Å². The van der Waals surface area contributed by atoms with Crippen LogP contribution in [0.3, 0.4) is 0 Å². The Morgan fingerprint density at radius 1 is 1.10 bits per heavy atom. The Kier molecular flexibility index (Phi) is 6.27. The molecule has 31 heavy (non-hydrogen) atoms. The lowest BCUT2D eigenvalue weighted by molar-refractivity contribution is 0.227. The zero-order chi connectivity index (χ0) is 21.5. The maximum atomic E-state index is 12.4. The lowest BCUT2D eigenvalue weighted by atomic mass is 10.1. The Morgan fingerprint density at radius 2 is 1.90 bits per heavy atom. The highest BCUT2D eigenvalue weighted by Gasteiger charge is 2.12. The summed E-state index contributed by atoms with van der Waals surface area (Å²) in [5, 5.41) is 12.6. The molecule has 2 aromatic carbocycles. The van der Waals surface area contributed by atoms with Gasteiger partial charge in [-0.15, -0.1) is 0 Å². The molecule has 0 radical (unpaired) electrons. The van der Waals surface area contributed by atoms with Crippen LogP contribution < -0.4 is 15.4 Å². The molecule has 1 atom stereocenters. The highest BCUT2D eigenvalue weighted by atomic mass is 16.5. The average Bonchev–Trinajstić information content (AvgIpc) is 3.48. The zero-order valence-electron chi connectivity index (χ0n) is 17.0. The van der Waals surface area contributed by atoms with Gasteiger partial charge in [0.05, 0.1) is 12.0 Å². The van der Waals surface area contributed by atoms with Crippen molar-refractivity contribution in [3.05, 3.63) is 84.4 Å². The molecular weight excluding hydrogens is 394 g/mol.